The highest BCUT2D eigenvalue weighted by molar-refractivity contribution is 5.94. The number of ether oxygens (including phenoxy) is 1. The van der Waals surface area contributed by atoms with E-state index >= 15 is 0 Å². The van der Waals surface area contributed by atoms with Gasteiger partial charge < -0.3 is 15.4 Å². The number of nitrogens with zero attached hydrogens (tertiary/aromatic N) is 1. The predicted octanol–water partition coefficient (Wildman–Crippen LogP) is 1.08. The number of nitro benzene ring substituents is 1. The Hall–Kier alpha value is -1.99. The molecule has 1 aromatic rings. The third kappa shape index (κ3) is 2.78. The van der Waals surface area contributed by atoms with Gasteiger partial charge in [-0.05, 0) is 20.0 Å². The third-order valence-electron chi connectivity index (χ3n) is 3.55. The van der Waals surface area contributed by atoms with E-state index in [1.54, 1.807) is 26.1 Å². The van der Waals surface area contributed by atoms with E-state index in [-0.39, 0.29) is 23.6 Å². The lowest BCUT2D eigenvalue weighted by Crippen LogP contribution is -2.39. The van der Waals surface area contributed by atoms with Gasteiger partial charge in [-0.15, -0.1) is 0 Å². The Kier molecular flexibility index (Phi) is 4.31. The summed E-state index contributed by atoms with van der Waals surface area (Å²) in [6.45, 7) is 2.46. The number of nitrogens with one attached hydrogen (secondary N) is 2. The molecule has 0 aromatic heterocycles. The van der Waals surface area contributed by atoms with E-state index in [0.29, 0.717) is 24.5 Å². The quantitative estimate of drug-likeness (QED) is 0.635. The minimum Gasteiger partial charge on any atom is -0.379 e. The molecule has 7 nitrogen and oxygen atoms in total. The number of carbonyl (C=O) groups excluding carboxylic acids is 1. The molecule has 0 saturated carbocycles. The Morgan fingerprint density at radius 1 is 1.45 bits per heavy atom. The molecular weight excluding hydrogens is 262 g/mol. The maximum absolute atomic E-state index is 12.2. The third-order valence-corrected chi connectivity index (χ3v) is 3.55. The van der Waals surface area contributed by atoms with Gasteiger partial charge in [-0.2, -0.15) is 0 Å². The van der Waals surface area contributed by atoms with Crippen LogP contribution in [-0.2, 0) is 9.53 Å². The van der Waals surface area contributed by atoms with Crippen LogP contribution in [0, 0.1) is 23.0 Å². The van der Waals surface area contributed by atoms with Crippen LogP contribution in [0.5, 0.6) is 0 Å². The van der Waals surface area contributed by atoms with Gasteiger partial charge in [-0.3, -0.25) is 14.9 Å². The summed E-state index contributed by atoms with van der Waals surface area (Å²) in [5, 5.41) is 16.7. The van der Waals surface area contributed by atoms with Gasteiger partial charge in [0, 0.05) is 12.1 Å². The van der Waals surface area contributed by atoms with Crippen molar-refractivity contribution < 1.29 is 14.5 Å². The van der Waals surface area contributed by atoms with Crippen LogP contribution in [0.25, 0.3) is 0 Å². The van der Waals surface area contributed by atoms with Gasteiger partial charge in [-0.25, -0.2) is 0 Å². The molecule has 108 valence electrons. The van der Waals surface area contributed by atoms with E-state index in [9.17, 15) is 14.9 Å². The van der Waals surface area contributed by atoms with Crippen molar-refractivity contribution in [3.63, 3.8) is 0 Å². The van der Waals surface area contributed by atoms with Crippen molar-refractivity contribution in [2.45, 2.75) is 13.0 Å². The number of anilines is 1. The maximum atomic E-state index is 12.2. The summed E-state index contributed by atoms with van der Waals surface area (Å²) in [6.07, 6.45) is 0. The summed E-state index contributed by atoms with van der Waals surface area (Å²) in [6, 6.07) is 4.60. The Bertz CT molecular complexity index is 532. The molecule has 0 aliphatic carbocycles. The first kappa shape index (κ1) is 14.4. The Balaban J connectivity index is 2.16. The highest BCUT2D eigenvalue weighted by Gasteiger charge is 2.33. The molecule has 1 fully saturated rings. The Labute approximate surface area is 116 Å². The van der Waals surface area contributed by atoms with E-state index in [2.05, 4.69) is 10.6 Å². The van der Waals surface area contributed by atoms with Crippen LogP contribution in [0.15, 0.2) is 18.2 Å². The monoisotopic (exact) mass is 279 g/mol. The number of likely N-dealkylation sites (N-methyl/N-ethyl adjacent to an activating group) is 1. The standard InChI is InChI=1S/C13H17N3O4/c1-8-10(4-3-5-12(8)16(18)19)15-13(17)9-6-20-7-11(9)14-2/h3-5,9,11,14H,6-7H2,1-2H3,(H,15,17). The minimum atomic E-state index is -0.458. The zero-order valence-electron chi connectivity index (χ0n) is 11.4. The molecule has 7 heteroatoms. The fourth-order valence-electron chi connectivity index (χ4n) is 2.28. The topological polar surface area (TPSA) is 93.5 Å². The molecule has 2 N–H and O–H groups in total. The molecule has 1 amide bonds. The van der Waals surface area contributed by atoms with Crippen LogP contribution in [0.4, 0.5) is 11.4 Å². The Morgan fingerprint density at radius 3 is 2.85 bits per heavy atom. The molecule has 1 aromatic carbocycles. The fraction of sp³-hybridized carbons (Fsp3) is 0.462. The predicted molar refractivity (Wildman–Crippen MR) is 73.6 cm³/mol. The fourth-order valence-corrected chi connectivity index (χ4v) is 2.28. The van der Waals surface area contributed by atoms with Crippen molar-refractivity contribution in [3.05, 3.63) is 33.9 Å². The van der Waals surface area contributed by atoms with Crippen molar-refractivity contribution in [1.29, 1.82) is 0 Å². The van der Waals surface area contributed by atoms with E-state index in [0.717, 1.165) is 0 Å². The molecule has 0 spiro atoms. The molecule has 0 radical (unpaired) electrons. The van der Waals surface area contributed by atoms with Crippen LogP contribution in [-0.4, -0.2) is 37.1 Å². The van der Waals surface area contributed by atoms with Crippen molar-refractivity contribution in [2.75, 3.05) is 25.6 Å². The second-order valence-corrected chi connectivity index (χ2v) is 4.74. The van der Waals surface area contributed by atoms with Gasteiger partial charge in [0.05, 0.1) is 35.3 Å². The Morgan fingerprint density at radius 2 is 2.20 bits per heavy atom. The van der Waals surface area contributed by atoms with Crippen LogP contribution in [0.2, 0.25) is 0 Å². The molecule has 1 aliphatic rings. The number of hydrogen-bond donors (Lipinski definition) is 2. The molecule has 1 heterocycles. The summed E-state index contributed by atoms with van der Waals surface area (Å²) in [4.78, 5) is 22.6. The molecule has 2 atom stereocenters. The smallest absolute Gasteiger partial charge is 0.274 e. The number of carbonyl (C=O) groups is 1. The van der Waals surface area contributed by atoms with Gasteiger partial charge in [-0.1, -0.05) is 6.07 Å². The molecule has 2 unspecified atom stereocenters. The van der Waals surface area contributed by atoms with E-state index < -0.39 is 4.92 Å². The van der Waals surface area contributed by atoms with Gasteiger partial charge in [0.25, 0.3) is 5.69 Å². The van der Waals surface area contributed by atoms with E-state index in [4.69, 9.17) is 4.74 Å². The molecule has 1 aliphatic heterocycles. The highest BCUT2D eigenvalue weighted by atomic mass is 16.6. The average molecular weight is 279 g/mol. The summed E-state index contributed by atoms with van der Waals surface area (Å²) >= 11 is 0. The van der Waals surface area contributed by atoms with Crippen LogP contribution in [0.1, 0.15) is 5.56 Å². The SMILES string of the molecule is CNC1COCC1C(=O)Nc1cccc([N+](=O)[O-])c1C. The van der Waals surface area contributed by atoms with Gasteiger partial charge in [0.2, 0.25) is 5.91 Å². The summed E-state index contributed by atoms with van der Waals surface area (Å²) in [7, 11) is 1.78. The van der Waals surface area contributed by atoms with Crippen LogP contribution in [0.3, 0.4) is 0 Å². The lowest BCUT2D eigenvalue weighted by atomic mass is 10.0. The molecule has 20 heavy (non-hydrogen) atoms. The van der Waals surface area contributed by atoms with Crippen molar-refractivity contribution in [3.8, 4) is 0 Å². The molecular formula is C13H17N3O4. The number of rotatable bonds is 4. The van der Waals surface area contributed by atoms with E-state index in [1.165, 1.54) is 6.07 Å². The molecule has 2 rings (SSSR count). The van der Waals surface area contributed by atoms with Crippen molar-refractivity contribution >= 4 is 17.3 Å². The number of amides is 1. The first-order valence-corrected chi connectivity index (χ1v) is 6.34. The highest BCUT2D eigenvalue weighted by Crippen LogP contribution is 2.26. The van der Waals surface area contributed by atoms with Crippen LogP contribution >= 0.6 is 0 Å². The second kappa shape index (κ2) is 5.98. The van der Waals surface area contributed by atoms with Crippen LogP contribution < -0.4 is 10.6 Å². The summed E-state index contributed by atoms with van der Waals surface area (Å²) in [5.74, 6) is -0.482. The van der Waals surface area contributed by atoms with Gasteiger partial charge in [0.15, 0.2) is 0 Å². The lowest BCUT2D eigenvalue weighted by Gasteiger charge is -2.17. The summed E-state index contributed by atoms with van der Waals surface area (Å²) in [5.41, 5.74) is 0.910. The second-order valence-electron chi connectivity index (χ2n) is 4.74. The van der Waals surface area contributed by atoms with E-state index in [1.807, 2.05) is 0 Å². The first-order valence-electron chi connectivity index (χ1n) is 6.34. The van der Waals surface area contributed by atoms with Crippen molar-refractivity contribution in [2.24, 2.45) is 5.92 Å². The normalized spacial score (nSPS) is 21.7. The zero-order valence-corrected chi connectivity index (χ0v) is 11.4. The van der Waals surface area contributed by atoms with Gasteiger partial charge >= 0.3 is 0 Å². The maximum Gasteiger partial charge on any atom is 0.274 e. The number of hydrogen-bond acceptors (Lipinski definition) is 5. The molecule has 1 saturated heterocycles. The van der Waals surface area contributed by atoms with Crippen molar-refractivity contribution in [1.82, 2.24) is 5.32 Å². The zero-order chi connectivity index (χ0) is 14.7. The lowest BCUT2D eigenvalue weighted by molar-refractivity contribution is -0.385. The largest absolute Gasteiger partial charge is 0.379 e. The average Bonchev–Trinajstić information content (AvgIpc) is 2.89. The minimum absolute atomic E-state index is 0.00404. The molecule has 0 bridgehead atoms. The van der Waals surface area contributed by atoms with Gasteiger partial charge in [0.1, 0.15) is 0 Å². The summed E-state index contributed by atoms with van der Waals surface area (Å²) < 4.78 is 5.28. The number of nitro groups is 1. The number of benzene rings is 1. The first-order chi connectivity index (χ1) is 9.54.